The maximum Gasteiger partial charge on any atom is 0.345 e. The third-order valence-corrected chi connectivity index (χ3v) is 9.77. The maximum atomic E-state index is 13.4. The van der Waals surface area contributed by atoms with Crippen LogP contribution in [-0.2, 0) is 19.2 Å². The number of fused-ring (bicyclic) bond motifs is 4. The normalized spacial score (nSPS) is 37.8. The van der Waals surface area contributed by atoms with Crippen LogP contribution < -0.4 is 22.2 Å². The molecule has 38 heavy (non-hydrogen) atoms. The molecule has 3 aliphatic carbocycles. The molecule has 2 aromatic rings. The van der Waals surface area contributed by atoms with Crippen molar-refractivity contribution in [1.82, 2.24) is 4.98 Å². The largest absolute Gasteiger partial charge is 0.484 e. The van der Waals surface area contributed by atoms with E-state index in [-0.39, 0.29) is 46.7 Å². The number of hydrogen-bond donors (Lipinski definition) is 2. The van der Waals surface area contributed by atoms with Gasteiger partial charge in [-0.05, 0) is 68.4 Å². The number of nitrogens with two attached hydrogens (primary N) is 2. The molecular weight excluding hydrogens is 490 g/mol. The van der Waals surface area contributed by atoms with E-state index >= 15 is 0 Å². The summed E-state index contributed by atoms with van der Waals surface area (Å²) in [6, 6.07) is 5.24. The maximum absolute atomic E-state index is 13.4. The van der Waals surface area contributed by atoms with Crippen molar-refractivity contribution < 1.29 is 28.4 Å². The highest BCUT2D eigenvalue weighted by Crippen LogP contribution is 2.65. The molecule has 4 aliphatic rings. The first kappa shape index (κ1) is 25.5. The Morgan fingerprint density at radius 3 is 2.63 bits per heavy atom. The lowest BCUT2D eigenvalue weighted by atomic mass is 9.46. The van der Waals surface area contributed by atoms with Crippen molar-refractivity contribution in [1.29, 1.82) is 0 Å². The molecule has 204 valence electrons. The predicted octanol–water partition coefficient (Wildman–Crippen LogP) is 3.44. The summed E-state index contributed by atoms with van der Waals surface area (Å²) in [5.41, 5.74) is -1.01. The molecule has 10 nitrogen and oxygen atoms in total. The Balaban J connectivity index is 1.41. The monoisotopic (exact) mass is 525 g/mol. The van der Waals surface area contributed by atoms with Gasteiger partial charge in [-0.2, -0.15) is 0 Å². The molecule has 2 aromatic heterocycles. The van der Waals surface area contributed by atoms with E-state index < -0.39 is 23.4 Å². The molecule has 1 aliphatic heterocycles. The summed E-state index contributed by atoms with van der Waals surface area (Å²) in [4.78, 5) is 41.2. The van der Waals surface area contributed by atoms with Crippen LogP contribution in [0.15, 0.2) is 39.8 Å². The van der Waals surface area contributed by atoms with Crippen molar-refractivity contribution in [3.8, 4) is 17.1 Å². The second-order valence-corrected chi connectivity index (χ2v) is 11.9. The minimum Gasteiger partial charge on any atom is -0.484 e. The van der Waals surface area contributed by atoms with Gasteiger partial charge in [-0.15, -0.1) is 0 Å². The standard InChI is InChI=1S/C28H35N3O7/c1-14-17-11-21(37-29)28(3)24(27(17,2)9-8-18(14)34-25(32)15-6-7-15)23(38-30)22-20(36-28)12-19(35-26(22)33)16-5-4-10-31-13-16/h4-5,10,12-15,17-18,21,23-24H,6-9,11,29-30H2,1-3H3/t14-,17?,18+,21+,23+,24?,27+,28-/m1/s1. The fourth-order valence-corrected chi connectivity index (χ4v) is 7.67. The highest BCUT2D eigenvalue weighted by molar-refractivity contribution is 5.75. The Morgan fingerprint density at radius 2 is 1.97 bits per heavy atom. The summed E-state index contributed by atoms with van der Waals surface area (Å²) in [5.74, 6) is 12.2. The molecule has 0 saturated heterocycles. The zero-order valence-electron chi connectivity index (χ0n) is 21.9. The number of hydrogen-bond acceptors (Lipinski definition) is 10. The quantitative estimate of drug-likeness (QED) is 0.439. The number of nitrogens with zero attached hydrogens (tertiary/aromatic N) is 1. The Bertz CT molecular complexity index is 1280. The smallest absolute Gasteiger partial charge is 0.345 e. The minimum atomic E-state index is -0.950. The summed E-state index contributed by atoms with van der Waals surface area (Å²) < 4.78 is 18.4. The van der Waals surface area contributed by atoms with E-state index in [1.54, 1.807) is 30.6 Å². The van der Waals surface area contributed by atoms with E-state index in [2.05, 4.69) is 18.8 Å². The number of carbonyl (C=O) groups excluding carboxylic acids is 1. The third kappa shape index (κ3) is 3.80. The summed E-state index contributed by atoms with van der Waals surface area (Å²) in [7, 11) is 0. The lowest BCUT2D eigenvalue weighted by Gasteiger charge is -2.64. The second kappa shape index (κ2) is 9.15. The molecule has 10 heteroatoms. The molecular formula is C28H35N3O7. The van der Waals surface area contributed by atoms with Crippen LogP contribution in [0.3, 0.4) is 0 Å². The molecule has 4 N–H and O–H groups in total. The number of pyridine rings is 1. The molecule has 3 heterocycles. The number of aromatic nitrogens is 1. The van der Waals surface area contributed by atoms with E-state index in [0.29, 0.717) is 29.9 Å². The van der Waals surface area contributed by atoms with Crippen molar-refractivity contribution >= 4 is 5.97 Å². The van der Waals surface area contributed by atoms with Gasteiger partial charge in [0.15, 0.2) is 0 Å². The van der Waals surface area contributed by atoms with Gasteiger partial charge >= 0.3 is 11.6 Å². The fraction of sp³-hybridized carbons (Fsp3) is 0.607. The molecule has 0 spiro atoms. The van der Waals surface area contributed by atoms with Gasteiger partial charge in [-0.1, -0.05) is 13.8 Å². The van der Waals surface area contributed by atoms with Crippen LogP contribution in [0.25, 0.3) is 11.3 Å². The zero-order chi connectivity index (χ0) is 26.8. The molecule has 0 bridgehead atoms. The van der Waals surface area contributed by atoms with Crippen LogP contribution in [-0.4, -0.2) is 28.8 Å². The molecule has 6 rings (SSSR count). The highest BCUT2D eigenvalue weighted by Gasteiger charge is 2.68. The van der Waals surface area contributed by atoms with Crippen molar-refractivity contribution in [3.63, 3.8) is 0 Å². The van der Waals surface area contributed by atoms with Gasteiger partial charge in [0.05, 0.1) is 5.92 Å². The molecule has 0 amide bonds. The Morgan fingerprint density at radius 1 is 1.18 bits per heavy atom. The first-order valence-corrected chi connectivity index (χ1v) is 13.4. The molecule has 2 unspecified atom stereocenters. The summed E-state index contributed by atoms with van der Waals surface area (Å²) in [6.07, 6.45) is 5.58. The van der Waals surface area contributed by atoms with Crippen molar-refractivity contribution in [3.05, 3.63) is 46.6 Å². The average Bonchev–Trinajstić information content (AvgIpc) is 3.75. The fourth-order valence-electron chi connectivity index (χ4n) is 7.67. The second-order valence-electron chi connectivity index (χ2n) is 11.9. The van der Waals surface area contributed by atoms with Gasteiger partial charge in [-0.25, -0.2) is 16.6 Å². The van der Waals surface area contributed by atoms with Crippen molar-refractivity contribution in [2.24, 2.45) is 40.9 Å². The van der Waals surface area contributed by atoms with Crippen molar-refractivity contribution in [2.75, 3.05) is 0 Å². The molecule has 0 aromatic carbocycles. The lowest BCUT2D eigenvalue weighted by Crippen LogP contribution is -2.69. The Hall–Kier alpha value is -2.79. The number of carbonyl (C=O) groups is 1. The van der Waals surface area contributed by atoms with Gasteiger partial charge in [0.1, 0.15) is 41.0 Å². The van der Waals surface area contributed by atoms with Crippen LogP contribution in [0.5, 0.6) is 5.75 Å². The topological polar surface area (TPSA) is 149 Å². The van der Waals surface area contributed by atoms with E-state index in [4.69, 9.17) is 35.4 Å². The van der Waals surface area contributed by atoms with Crippen LogP contribution in [0.1, 0.15) is 64.5 Å². The van der Waals surface area contributed by atoms with E-state index in [1.165, 1.54) is 0 Å². The Kier molecular flexibility index (Phi) is 6.14. The highest BCUT2D eigenvalue weighted by atomic mass is 16.7. The number of rotatable bonds is 5. The minimum absolute atomic E-state index is 0.0410. The van der Waals surface area contributed by atoms with E-state index in [0.717, 1.165) is 19.3 Å². The third-order valence-electron chi connectivity index (χ3n) is 9.77. The molecule has 3 saturated carbocycles. The lowest BCUT2D eigenvalue weighted by molar-refractivity contribution is -0.261. The van der Waals surface area contributed by atoms with Crippen LogP contribution in [0, 0.1) is 29.1 Å². The first-order valence-electron chi connectivity index (χ1n) is 13.4. The number of esters is 1. The molecule has 8 atom stereocenters. The number of ether oxygens (including phenoxy) is 2. The predicted molar refractivity (Wildman–Crippen MR) is 135 cm³/mol. The Labute approximate surface area is 220 Å². The van der Waals surface area contributed by atoms with Crippen molar-refractivity contribution in [2.45, 2.75) is 76.8 Å². The summed E-state index contributed by atoms with van der Waals surface area (Å²) >= 11 is 0. The van der Waals surface area contributed by atoms with Gasteiger partial charge in [0.2, 0.25) is 0 Å². The van der Waals surface area contributed by atoms with E-state index in [1.807, 2.05) is 6.92 Å². The molecule has 3 fully saturated rings. The van der Waals surface area contributed by atoms with Gasteiger partial charge < -0.3 is 13.9 Å². The van der Waals surface area contributed by atoms with Gasteiger partial charge in [-0.3, -0.25) is 19.5 Å². The zero-order valence-corrected chi connectivity index (χ0v) is 21.9. The summed E-state index contributed by atoms with van der Waals surface area (Å²) in [6.45, 7) is 6.26. The average molecular weight is 526 g/mol. The first-order chi connectivity index (χ1) is 18.2. The van der Waals surface area contributed by atoms with Gasteiger partial charge in [0.25, 0.3) is 0 Å². The van der Waals surface area contributed by atoms with E-state index in [9.17, 15) is 9.59 Å². The summed E-state index contributed by atoms with van der Waals surface area (Å²) in [5, 5.41) is 0. The SMILES string of the molecule is C[C@@H]1C2C[C@H](ON)[C@@]3(C)Oc4cc(-c5cccnc5)oc(=O)c4[C@H](ON)C3[C@@]2(C)CC[C@@H]1OC(=O)C1CC1. The van der Waals surface area contributed by atoms with Gasteiger partial charge in [0, 0.05) is 29.9 Å². The van der Waals surface area contributed by atoms with Crippen LogP contribution in [0.4, 0.5) is 0 Å². The van der Waals surface area contributed by atoms with Crippen LogP contribution >= 0.6 is 0 Å². The molecule has 0 radical (unpaired) electrons. The van der Waals surface area contributed by atoms with Crippen LogP contribution in [0.2, 0.25) is 0 Å².